The lowest BCUT2D eigenvalue weighted by Gasteiger charge is -2.32. The zero-order valence-electron chi connectivity index (χ0n) is 17.2. The van der Waals surface area contributed by atoms with Gasteiger partial charge in [0.05, 0.1) is 18.2 Å². The fourth-order valence-corrected chi connectivity index (χ4v) is 4.35. The Bertz CT molecular complexity index is 1010. The van der Waals surface area contributed by atoms with Crippen molar-refractivity contribution >= 4 is 23.2 Å². The van der Waals surface area contributed by atoms with Gasteiger partial charge in [-0.15, -0.1) is 11.3 Å². The van der Waals surface area contributed by atoms with E-state index in [2.05, 4.69) is 10.3 Å². The van der Waals surface area contributed by atoms with Gasteiger partial charge in [0.1, 0.15) is 10.8 Å². The zero-order valence-corrected chi connectivity index (χ0v) is 18.0. The number of rotatable bonds is 7. The third-order valence-electron chi connectivity index (χ3n) is 5.29. The molecule has 0 saturated carbocycles. The molecule has 2 amide bonds. The maximum Gasteiger partial charge on any atom is 0.260 e. The molecule has 0 bridgehead atoms. The Labute approximate surface area is 185 Å². The molecule has 1 aliphatic rings. The van der Waals surface area contributed by atoms with Gasteiger partial charge in [-0.1, -0.05) is 48.5 Å². The second-order valence-electron chi connectivity index (χ2n) is 7.49. The van der Waals surface area contributed by atoms with Crippen molar-refractivity contribution in [3.05, 3.63) is 71.1 Å². The average molecular weight is 436 g/mol. The molecule has 3 aromatic rings. The molecule has 1 saturated heterocycles. The largest absolute Gasteiger partial charge is 0.484 e. The number of benzene rings is 2. The minimum absolute atomic E-state index is 0.0142. The predicted octanol–water partition coefficient (Wildman–Crippen LogP) is 3.74. The highest BCUT2D eigenvalue weighted by Crippen LogP contribution is 2.22. The third-order valence-corrected chi connectivity index (χ3v) is 6.13. The lowest BCUT2D eigenvalue weighted by atomic mass is 9.97. The summed E-state index contributed by atoms with van der Waals surface area (Å²) in [6.07, 6.45) is 1.59. The normalized spacial score (nSPS) is 16.0. The summed E-state index contributed by atoms with van der Waals surface area (Å²) in [7, 11) is 0. The Morgan fingerprint density at radius 1 is 1.10 bits per heavy atom. The van der Waals surface area contributed by atoms with Crippen molar-refractivity contribution in [2.75, 3.05) is 19.7 Å². The molecule has 1 aliphatic heterocycles. The zero-order chi connectivity index (χ0) is 21.5. The quantitative estimate of drug-likeness (QED) is 0.614. The first-order chi connectivity index (χ1) is 15.2. The smallest absolute Gasteiger partial charge is 0.260 e. The van der Waals surface area contributed by atoms with Crippen LogP contribution >= 0.6 is 11.3 Å². The van der Waals surface area contributed by atoms with Crippen LogP contribution in [-0.2, 0) is 16.1 Å². The second kappa shape index (κ2) is 10.2. The van der Waals surface area contributed by atoms with Gasteiger partial charge in [0, 0.05) is 24.0 Å². The lowest BCUT2D eigenvalue weighted by molar-refractivity contribution is -0.137. The first-order valence-electron chi connectivity index (χ1n) is 10.4. The number of amides is 2. The Morgan fingerprint density at radius 2 is 1.84 bits per heavy atom. The van der Waals surface area contributed by atoms with Crippen molar-refractivity contribution in [2.24, 2.45) is 5.92 Å². The number of hydrogen-bond acceptors (Lipinski definition) is 5. The highest BCUT2D eigenvalue weighted by atomic mass is 32.1. The topological polar surface area (TPSA) is 71.5 Å². The predicted molar refractivity (Wildman–Crippen MR) is 121 cm³/mol. The highest BCUT2D eigenvalue weighted by molar-refractivity contribution is 7.09. The summed E-state index contributed by atoms with van der Waals surface area (Å²) in [6.45, 7) is 1.47. The molecule has 4 rings (SSSR count). The maximum absolute atomic E-state index is 12.7. The summed E-state index contributed by atoms with van der Waals surface area (Å²) in [5.74, 6) is 0.343. The monoisotopic (exact) mass is 435 g/mol. The number of piperidine rings is 1. The number of carbonyl (C=O) groups is 2. The molecule has 2 heterocycles. The number of carbonyl (C=O) groups excluding carboxylic acids is 2. The van der Waals surface area contributed by atoms with Crippen LogP contribution in [0.3, 0.4) is 0 Å². The van der Waals surface area contributed by atoms with Crippen LogP contribution in [0.1, 0.15) is 17.8 Å². The van der Waals surface area contributed by atoms with E-state index in [9.17, 15) is 9.59 Å². The van der Waals surface area contributed by atoms with E-state index in [4.69, 9.17) is 4.74 Å². The van der Waals surface area contributed by atoms with E-state index in [1.807, 2.05) is 66.0 Å². The van der Waals surface area contributed by atoms with E-state index >= 15 is 0 Å². The van der Waals surface area contributed by atoms with Crippen molar-refractivity contribution in [2.45, 2.75) is 19.4 Å². The summed E-state index contributed by atoms with van der Waals surface area (Å²) < 4.78 is 5.56. The summed E-state index contributed by atoms with van der Waals surface area (Å²) >= 11 is 1.54. The maximum atomic E-state index is 12.7. The van der Waals surface area contributed by atoms with Gasteiger partial charge in [-0.25, -0.2) is 4.98 Å². The third kappa shape index (κ3) is 5.70. The number of likely N-dealkylation sites (tertiary alicyclic amines) is 1. The molecule has 0 spiro atoms. The van der Waals surface area contributed by atoms with Crippen LogP contribution in [-0.4, -0.2) is 41.4 Å². The van der Waals surface area contributed by atoms with Crippen LogP contribution in [0.15, 0.2) is 66.0 Å². The minimum atomic E-state index is -0.206. The summed E-state index contributed by atoms with van der Waals surface area (Å²) in [4.78, 5) is 31.6. The molecular formula is C24H25N3O3S. The second-order valence-corrected chi connectivity index (χ2v) is 8.43. The van der Waals surface area contributed by atoms with Gasteiger partial charge in [-0.3, -0.25) is 9.59 Å². The van der Waals surface area contributed by atoms with E-state index in [1.165, 1.54) is 11.3 Å². The minimum Gasteiger partial charge on any atom is -0.484 e. The number of aromatic nitrogens is 1. The fraction of sp³-hybridized carbons (Fsp3) is 0.292. The van der Waals surface area contributed by atoms with E-state index < -0.39 is 0 Å². The summed E-state index contributed by atoms with van der Waals surface area (Å²) in [5, 5.41) is 5.86. The number of thiazole rings is 1. The molecule has 160 valence electrons. The number of nitrogens with one attached hydrogen (secondary N) is 1. The van der Waals surface area contributed by atoms with Gasteiger partial charge in [0.25, 0.3) is 5.91 Å². The molecular weight excluding hydrogens is 410 g/mol. The van der Waals surface area contributed by atoms with E-state index in [0.29, 0.717) is 25.4 Å². The fourth-order valence-electron chi connectivity index (χ4n) is 3.61. The molecule has 0 aliphatic carbocycles. The van der Waals surface area contributed by atoms with Crippen LogP contribution < -0.4 is 10.1 Å². The van der Waals surface area contributed by atoms with E-state index in [0.717, 1.165) is 29.1 Å². The number of nitrogens with zero attached hydrogens (tertiary/aromatic N) is 2. The highest BCUT2D eigenvalue weighted by Gasteiger charge is 2.28. The lowest BCUT2D eigenvalue weighted by Crippen LogP contribution is -2.46. The van der Waals surface area contributed by atoms with E-state index in [1.54, 1.807) is 4.90 Å². The van der Waals surface area contributed by atoms with Crippen molar-refractivity contribution < 1.29 is 14.3 Å². The number of ether oxygens (including phenoxy) is 1. The van der Waals surface area contributed by atoms with Gasteiger partial charge in [-0.2, -0.15) is 0 Å². The van der Waals surface area contributed by atoms with Crippen LogP contribution in [0.4, 0.5) is 0 Å². The first kappa shape index (κ1) is 21.1. The molecule has 31 heavy (non-hydrogen) atoms. The number of para-hydroxylation sites is 1. The molecule has 1 aromatic heterocycles. The molecule has 1 atom stereocenters. The first-order valence-corrected chi connectivity index (χ1v) is 11.3. The van der Waals surface area contributed by atoms with E-state index in [-0.39, 0.29) is 24.3 Å². The van der Waals surface area contributed by atoms with Gasteiger partial charge in [0.15, 0.2) is 6.61 Å². The molecule has 2 aromatic carbocycles. The van der Waals surface area contributed by atoms with Gasteiger partial charge >= 0.3 is 0 Å². The summed E-state index contributed by atoms with van der Waals surface area (Å²) in [6, 6.07) is 19.3. The van der Waals surface area contributed by atoms with Crippen LogP contribution in [0.25, 0.3) is 11.3 Å². The van der Waals surface area contributed by atoms with Crippen molar-refractivity contribution in [3.63, 3.8) is 0 Å². The molecule has 1 N–H and O–H groups in total. The molecule has 7 heteroatoms. The molecule has 0 radical (unpaired) electrons. The van der Waals surface area contributed by atoms with Crippen molar-refractivity contribution in [1.29, 1.82) is 0 Å². The van der Waals surface area contributed by atoms with Crippen molar-refractivity contribution in [3.8, 4) is 17.0 Å². The standard InChI is InChI=1S/C24H25N3O3S/c28-23(16-30-20-11-5-2-6-12-20)27-13-7-10-19(15-27)24(29)25-14-22-26-21(17-31-22)18-8-3-1-4-9-18/h1-6,8-9,11-12,17,19H,7,10,13-16H2,(H,25,29)/t19-/m0/s1. The Balaban J connectivity index is 1.26. The van der Waals surface area contributed by atoms with Crippen LogP contribution in [0.2, 0.25) is 0 Å². The van der Waals surface area contributed by atoms with Crippen LogP contribution in [0.5, 0.6) is 5.75 Å². The molecule has 6 nitrogen and oxygen atoms in total. The van der Waals surface area contributed by atoms with Gasteiger partial charge < -0.3 is 15.0 Å². The van der Waals surface area contributed by atoms with Gasteiger partial charge in [-0.05, 0) is 25.0 Å². The number of hydrogen-bond donors (Lipinski definition) is 1. The molecule has 0 unspecified atom stereocenters. The van der Waals surface area contributed by atoms with Gasteiger partial charge in [0.2, 0.25) is 5.91 Å². The Kier molecular flexibility index (Phi) is 6.94. The Morgan fingerprint density at radius 3 is 2.61 bits per heavy atom. The molecule has 1 fully saturated rings. The SMILES string of the molecule is O=C(NCc1nc(-c2ccccc2)cs1)[C@H]1CCCN(C(=O)COc2ccccc2)C1. The van der Waals surface area contributed by atoms with Crippen LogP contribution in [0, 0.1) is 5.92 Å². The Hall–Kier alpha value is -3.19. The average Bonchev–Trinajstić information content (AvgIpc) is 3.31. The van der Waals surface area contributed by atoms with Crippen molar-refractivity contribution in [1.82, 2.24) is 15.2 Å². The summed E-state index contributed by atoms with van der Waals surface area (Å²) in [5.41, 5.74) is 1.98.